The van der Waals surface area contributed by atoms with Crippen molar-refractivity contribution < 1.29 is 8.42 Å². The van der Waals surface area contributed by atoms with Gasteiger partial charge in [0.05, 0.1) is 23.7 Å². The van der Waals surface area contributed by atoms with Crippen LogP contribution in [0, 0.1) is 0 Å². The Morgan fingerprint density at radius 1 is 1.36 bits per heavy atom. The highest BCUT2D eigenvalue weighted by atomic mass is 32.2. The Balaban J connectivity index is 2.04. The Kier molecular flexibility index (Phi) is 4.01. The van der Waals surface area contributed by atoms with Crippen LogP contribution in [0.4, 0.5) is 0 Å². The monoisotopic (exact) mass is 320 g/mol. The Morgan fingerprint density at radius 2 is 2.18 bits per heavy atom. The molecule has 3 rings (SSSR count). The van der Waals surface area contributed by atoms with E-state index < -0.39 is 10.0 Å². The van der Waals surface area contributed by atoms with Crippen molar-refractivity contribution in [1.29, 1.82) is 0 Å². The van der Waals surface area contributed by atoms with Crippen molar-refractivity contribution >= 4 is 10.0 Å². The van der Waals surface area contributed by atoms with E-state index in [-0.39, 0.29) is 5.75 Å². The Labute approximate surface area is 130 Å². The lowest BCUT2D eigenvalue weighted by Gasteiger charge is -2.19. The summed E-state index contributed by atoms with van der Waals surface area (Å²) < 4.78 is 27.8. The predicted molar refractivity (Wildman–Crippen MR) is 84.6 cm³/mol. The molecule has 7 heteroatoms. The van der Waals surface area contributed by atoms with Crippen molar-refractivity contribution in [2.75, 3.05) is 12.3 Å². The van der Waals surface area contributed by atoms with E-state index in [9.17, 15) is 8.42 Å². The van der Waals surface area contributed by atoms with Gasteiger partial charge in [0.25, 0.3) is 0 Å². The summed E-state index contributed by atoms with van der Waals surface area (Å²) >= 11 is 0. The molecule has 22 heavy (non-hydrogen) atoms. The van der Waals surface area contributed by atoms with Crippen LogP contribution in [0.3, 0.4) is 0 Å². The summed E-state index contributed by atoms with van der Waals surface area (Å²) in [6, 6.07) is 3.88. The highest BCUT2D eigenvalue weighted by Crippen LogP contribution is 2.29. The number of nitrogens with zero attached hydrogens (tertiary/aromatic N) is 4. The van der Waals surface area contributed by atoms with Gasteiger partial charge in [-0.3, -0.25) is 9.67 Å². The van der Waals surface area contributed by atoms with Crippen molar-refractivity contribution in [3.05, 3.63) is 35.8 Å². The lowest BCUT2D eigenvalue weighted by atomic mass is 10.0. The number of sulfonamides is 1. The molecule has 0 aromatic carbocycles. The van der Waals surface area contributed by atoms with Crippen LogP contribution in [0.5, 0.6) is 0 Å². The van der Waals surface area contributed by atoms with E-state index in [0.717, 1.165) is 35.4 Å². The van der Waals surface area contributed by atoms with Crippen LogP contribution in [0.15, 0.2) is 24.5 Å². The minimum Gasteiger partial charge on any atom is -0.270 e. The van der Waals surface area contributed by atoms with Gasteiger partial charge in [-0.1, -0.05) is 0 Å². The zero-order chi connectivity index (χ0) is 15.7. The number of rotatable bonds is 3. The number of pyridine rings is 1. The van der Waals surface area contributed by atoms with E-state index in [1.54, 1.807) is 28.3 Å². The first kappa shape index (κ1) is 15.2. The third-order valence-corrected chi connectivity index (χ3v) is 5.96. The second kappa shape index (κ2) is 5.81. The summed E-state index contributed by atoms with van der Waals surface area (Å²) in [4.78, 5) is 4.15. The molecule has 1 aliphatic rings. The average molecular weight is 320 g/mol. The standard InChI is InChI=1S/C15H20N4O2S/c1-3-22(20,21)19-9-5-7-13-14(11-19)18(2)17-15(13)12-6-4-8-16-10-12/h4,6,8,10H,3,5,7,9,11H2,1-2H3. The molecule has 0 atom stereocenters. The van der Waals surface area contributed by atoms with Gasteiger partial charge < -0.3 is 0 Å². The van der Waals surface area contributed by atoms with E-state index in [2.05, 4.69) is 10.1 Å². The molecule has 3 heterocycles. The molecular formula is C15H20N4O2S. The van der Waals surface area contributed by atoms with Gasteiger partial charge in [-0.05, 0) is 31.9 Å². The number of aromatic nitrogens is 3. The predicted octanol–water partition coefficient (Wildman–Crippen LogP) is 1.58. The maximum atomic E-state index is 12.2. The van der Waals surface area contributed by atoms with Gasteiger partial charge in [0.2, 0.25) is 10.0 Å². The fourth-order valence-corrected chi connectivity index (χ4v) is 3.99. The zero-order valence-corrected chi connectivity index (χ0v) is 13.7. The number of hydrogen-bond donors (Lipinski definition) is 0. The van der Waals surface area contributed by atoms with Gasteiger partial charge in [0, 0.05) is 37.1 Å². The third-order valence-electron chi connectivity index (χ3n) is 4.13. The maximum Gasteiger partial charge on any atom is 0.214 e. The second-order valence-corrected chi connectivity index (χ2v) is 7.73. The Bertz CT molecular complexity index is 768. The molecule has 0 saturated carbocycles. The first-order valence-electron chi connectivity index (χ1n) is 7.46. The van der Waals surface area contributed by atoms with Crippen molar-refractivity contribution in [2.45, 2.75) is 26.3 Å². The van der Waals surface area contributed by atoms with E-state index in [4.69, 9.17) is 0 Å². The molecule has 0 aliphatic carbocycles. The highest BCUT2D eigenvalue weighted by molar-refractivity contribution is 7.89. The van der Waals surface area contributed by atoms with Crippen molar-refractivity contribution in [1.82, 2.24) is 19.1 Å². The van der Waals surface area contributed by atoms with Crippen LogP contribution in [0.1, 0.15) is 24.6 Å². The molecule has 118 valence electrons. The molecule has 1 aliphatic heterocycles. The summed E-state index contributed by atoms with van der Waals surface area (Å²) in [5, 5.41) is 4.60. The quantitative estimate of drug-likeness (QED) is 0.861. The van der Waals surface area contributed by atoms with Gasteiger partial charge in [0.1, 0.15) is 0 Å². The molecule has 0 saturated heterocycles. The van der Waals surface area contributed by atoms with E-state index in [1.807, 2.05) is 19.2 Å². The summed E-state index contributed by atoms with van der Waals surface area (Å²) in [5.74, 6) is 0.135. The SMILES string of the molecule is CCS(=O)(=O)N1CCCc2c(-c3cccnc3)nn(C)c2C1. The fourth-order valence-electron chi connectivity index (χ4n) is 2.90. The second-order valence-electron chi connectivity index (χ2n) is 5.48. The van der Waals surface area contributed by atoms with Crippen LogP contribution < -0.4 is 0 Å². The minimum absolute atomic E-state index is 0.135. The lowest BCUT2D eigenvalue weighted by Crippen LogP contribution is -2.32. The molecular weight excluding hydrogens is 300 g/mol. The average Bonchev–Trinajstić information content (AvgIpc) is 2.72. The molecule has 0 unspecified atom stereocenters. The summed E-state index contributed by atoms with van der Waals surface area (Å²) in [5.41, 5.74) is 4.02. The lowest BCUT2D eigenvalue weighted by molar-refractivity contribution is 0.400. The Morgan fingerprint density at radius 3 is 2.86 bits per heavy atom. The van der Waals surface area contributed by atoms with Gasteiger partial charge in [-0.25, -0.2) is 8.42 Å². The van der Waals surface area contributed by atoms with Crippen LogP contribution in [0.2, 0.25) is 0 Å². The molecule has 2 aromatic rings. The summed E-state index contributed by atoms with van der Waals surface area (Å²) in [6.45, 7) is 2.65. The molecule has 0 radical (unpaired) electrons. The van der Waals surface area contributed by atoms with Crippen LogP contribution >= 0.6 is 0 Å². The third kappa shape index (κ3) is 2.66. The van der Waals surface area contributed by atoms with Crippen molar-refractivity contribution in [3.63, 3.8) is 0 Å². The molecule has 0 N–H and O–H groups in total. The van der Waals surface area contributed by atoms with Crippen LogP contribution in [-0.4, -0.2) is 39.8 Å². The molecule has 2 aromatic heterocycles. The Hall–Kier alpha value is -1.73. The molecule has 6 nitrogen and oxygen atoms in total. The van der Waals surface area contributed by atoms with E-state index >= 15 is 0 Å². The number of hydrogen-bond acceptors (Lipinski definition) is 4. The van der Waals surface area contributed by atoms with E-state index in [1.165, 1.54) is 0 Å². The normalized spacial score (nSPS) is 16.3. The first-order chi connectivity index (χ1) is 10.5. The van der Waals surface area contributed by atoms with Crippen LogP contribution in [0.25, 0.3) is 11.3 Å². The molecule has 0 fully saturated rings. The fraction of sp³-hybridized carbons (Fsp3) is 0.467. The van der Waals surface area contributed by atoms with Gasteiger partial charge in [-0.15, -0.1) is 0 Å². The summed E-state index contributed by atoms with van der Waals surface area (Å²) in [6.07, 6.45) is 5.18. The zero-order valence-electron chi connectivity index (χ0n) is 12.9. The summed E-state index contributed by atoms with van der Waals surface area (Å²) in [7, 11) is -1.30. The molecule has 0 amide bonds. The minimum atomic E-state index is -3.18. The van der Waals surface area contributed by atoms with E-state index in [0.29, 0.717) is 13.1 Å². The van der Waals surface area contributed by atoms with Crippen molar-refractivity contribution in [2.24, 2.45) is 7.05 Å². The van der Waals surface area contributed by atoms with Gasteiger partial charge in [0.15, 0.2) is 0 Å². The first-order valence-corrected chi connectivity index (χ1v) is 9.07. The van der Waals surface area contributed by atoms with Gasteiger partial charge >= 0.3 is 0 Å². The number of fused-ring (bicyclic) bond motifs is 1. The topological polar surface area (TPSA) is 68.1 Å². The van der Waals surface area contributed by atoms with Crippen molar-refractivity contribution in [3.8, 4) is 11.3 Å². The largest absolute Gasteiger partial charge is 0.270 e. The van der Waals surface area contributed by atoms with Crippen LogP contribution in [-0.2, 0) is 30.0 Å². The molecule has 0 spiro atoms. The molecule has 0 bridgehead atoms. The highest BCUT2D eigenvalue weighted by Gasteiger charge is 2.28. The smallest absolute Gasteiger partial charge is 0.214 e. The number of aryl methyl sites for hydroxylation is 1. The van der Waals surface area contributed by atoms with Gasteiger partial charge in [-0.2, -0.15) is 9.40 Å². The maximum absolute atomic E-state index is 12.2.